The third-order valence-corrected chi connectivity index (χ3v) is 12.2. The zero-order valence-corrected chi connectivity index (χ0v) is 34.3. The molecule has 10 nitrogen and oxygen atoms in total. The van der Waals surface area contributed by atoms with Gasteiger partial charge in [-0.1, -0.05) is 65.7 Å². The zero-order valence-electron chi connectivity index (χ0n) is 32.8. The van der Waals surface area contributed by atoms with Crippen LogP contribution < -0.4 is 20.1 Å². The van der Waals surface area contributed by atoms with E-state index in [0.29, 0.717) is 55.2 Å². The molecule has 1 saturated heterocycles. The summed E-state index contributed by atoms with van der Waals surface area (Å²) >= 11 is 14.2. The lowest BCUT2D eigenvalue weighted by atomic mass is 9.82. The molecule has 57 heavy (non-hydrogen) atoms. The van der Waals surface area contributed by atoms with E-state index >= 15 is 0 Å². The van der Waals surface area contributed by atoms with E-state index in [0.717, 1.165) is 100.0 Å². The van der Waals surface area contributed by atoms with Crippen LogP contribution >= 0.6 is 23.2 Å². The molecule has 1 aromatic heterocycles. The molecule has 1 amide bonds. The summed E-state index contributed by atoms with van der Waals surface area (Å²) in [5.74, 6) is 1.29. The van der Waals surface area contributed by atoms with Crippen molar-refractivity contribution in [1.82, 2.24) is 25.3 Å². The van der Waals surface area contributed by atoms with Gasteiger partial charge in [0.05, 0.1) is 42.9 Å². The molecule has 3 N–H and O–H groups in total. The second-order valence-corrected chi connectivity index (χ2v) is 16.2. The van der Waals surface area contributed by atoms with Crippen LogP contribution in [0.4, 0.5) is 0 Å². The molecule has 5 aromatic rings. The van der Waals surface area contributed by atoms with Crippen molar-refractivity contribution in [2.24, 2.45) is 11.8 Å². The van der Waals surface area contributed by atoms with Crippen molar-refractivity contribution in [1.29, 1.82) is 0 Å². The molecule has 0 bridgehead atoms. The van der Waals surface area contributed by atoms with Gasteiger partial charge in [0.2, 0.25) is 5.91 Å². The van der Waals surface area contributed by atoms with Gasteiger partial charge >= 0.3 is 5.97 Å². The molecule has 0 spiro atoms. The first-order chi connectivity index (χ1) is 27.6. The monoisotopic (exact) mass is 811 g/mol. The third-order valence-electron chi connectivity index (χ3n) is 11.4. The topological polar surface area (TPSA) is 118 Å². The minimum atomic E-state index is -0.673. The van der Waals surface area contributed by atoms with Crippen molar-refractivity contribution in [3.63, 3.8) is 0 Å². The van der Waals surface area contributed by atoms with Gasteiger partial charge in [0, 0.05) is 71.3 Å². The maximum Gasteiger partial charge on any atom is 0.306 e. The van der Waals surface area contributed by atoms with E-state index < -0.39 is 5.97 Å². The molecule has 4 aromatic carbocycles. The Labute approximate surface area is 344 Å². The second kappa shape index (κ2) is 18.3. The van der Waals surface area contributed by atoms with Gasteiger partial charge in [0.1, 0.15) is 11.5 Å². The Balaban J connectivity index is 1.07. The third kappa shape index (κ3) is 9.41. The van der Waals surface area contributed by atoms with Gasteiger partial charge in [-0.3, -0.25) is 14.3 Å². The van der Waals surface area contributed by atoms with Crippen LogP contribution in [0.25, 0.3) is 33.2 Å². The number of carbonyl (C=O) groups is 2. The molecule has 2 fully saturated rings. The number of fused-ring (bicyclic) bond motifs is 1. The van der Waals surface area contributed by atoms with Gasteiger partial charge in [0.15, 0.2) is 0 Å². The Bertz CT molecular complexity index is 2230. The smallest absolute Gasteiger partial charge is 0.306 e. The highest BCUT2D eigenvalue weighted by atomic mass is 35.5. The number of carboxylic acid groups (broad SMARTS) is 1. The Hall–Kier alpha value is -4.61. The summed E-state index contributed by atoms with van der Waals surface area (Å²) in [5, 5.41) is 22.9. The van der Waals surface area contributed by atoms with Crippen LogP contribution in [-0.2, 0) is 29.2 Å². The van der Waals surface area contributed by atoms with Crippen LogP contribution in [0.3, 0.4) is 0 Å². The molecule has 0 unspecified atom stereocenters. The highest BCUT2D eigenvalue weighted by Gasteiger charge is 2.27. The second-order valence-electron chi connectivity index (χ2n) is 15.4. The molecule has 7 rings (SSSR count). The summed E-state index contributed by atoms with van der Waals surface area (Å²) in [7, 11) is 3.77. The number of carbonyl (C=O) groups excluding carboxylic acids is 1. The van der Waals surface area contributed by atoms with Gasteiger partial charge in [-0.2, -0.15) is 5.10 Å². The Kier molecular flexibility index (Phi) is 13.0. The van der Waals surface area contributed by atoms with E-state index in [1.807, 2.05) is 54.2 Å². The summed E-state index contributed by atoms with van der Waals surface area (Å²) < 4.78 is 13.9. The first-order valence-corrected chi connectivity index (χ1v) is 20.6. The van der Waals surface area contributed by atoms with Crippen LogP contribution in [0.5, 0.6) is 11.5 Å². The van der Waals surface area contributed by atoms with E-state index in [-0.39, 0.29) is 17.9 Å². The molecule has 300 valence electrons. The summed E-state index contributed by atoms with van der Waals surface area (Å²) in [5.41, 5.74) is 7.66. The number of amides is 1. The van der Waals surface area contributed by atoms with Gasteiger partial charge in [0.25, 0.3) is 0 Å². The predicted octanol–water partition coefficient (Wildman–Crippen LogP) is 8.82. The van der Waals surface area contributed by atoms with Gasteiger partial charge in [-0.25, -0.2) is 0 Å². The Morgan fingerprint density at radius 2 is 1.74 bits per heavy atom. The maximum atomic E-state index is 11.6. The molecule has 2 aliphatic rings. The summed E-state index contributed by atoms with van der Waals surface area (Å²) in [6, 6.07) is 22.6. The van der Waals surface area contributed by atoms with E-state index in [1.54, 1.807) is 7.11 Å². The van der Waals surface area contributed by atoms with Crippen molar-refractivity contribution in [2.75, 3.05) is 33.9 Å². The average molecular weight is 813 g/mol. The number of hydrogen-bond donors (Lipinski definition) is 3. The number of carboxylic acids is 1. The number of halogens is 2. The highest BCUT2D eigenvalue weighted by Crippen LogP contribution is 2.41. The van der Waals surface area contributed by atoms with Gasteiger partial charge in [-0.05, 0) is 92.9 Å². The maximum absolute atomic E-state index is 11.6. The first-order valence-electron chi connectivity index (χ1n) is 19.9. The number of nitrogens with zero attached hydrogens (tertiary/aromatic N) is 3. The first kappa shape index (κ1) is 40.6. The van der Waals surface area contributed by atoms with Crippen LogP contribution in [0.1, 0.15) is 62.1 Å². The quantitative estimate of drug-likeness (QED) is 0.0906. The van der Waals surface area contributed by atoms with Crippen LogP contribution in [0.2, 0.25) is 10.0 Å². The van der Waals surface area contributed by atoms with E-state index in [4.69, 9.17) is 37.8 Å². The van der Waals surface area contributed by atoms with Crippen LogP contribution in [-0.4, -0.2) is 71.6 Å². The van der Waals surface area contributed by atoms with Crippen molar-refractivity contribution < 1.29 is 24.2 Å². The number of nitrogens with one attached hydrogen (secondary N) is 2. The fraction of sp³-hybridized carbons (Fsp3) is 0.400. The molecular formula is C45H51Cl2N5O5. The SMILES string of the molecule is CCOc1cc(-c2cccc(-c3cccc4c3cnn4Cc3cc(OC)c(CN(C)CC4CCC(C(=O)O)CC4)cc3Cl)c2Cl)ccc1CNC[C@@H]1CCC(=O)N1. The molecule has 2 heterocycles. The van der Waals surface area contributed by atoms with Crippen molar-refractivity contribution >= 4 is 46.0 Å². The number of aliphatic carboxylic acids is 1. The molecular weight excluding hydrogens is 761 g/mol. The summed E-state index contributed by atoms with van der Waals surface area (Å²) in [6.07, 6.45) is 6.68. The number of ether oxygens (including phenoxy) is 2. The van der Waals surface area contributed by atoms with Gasteiger partial charge < -0.3 is 30.1 Å². The molecule has 0 radical (unpaired) electrons. The Morgan fingerprint density at radius 3 is 2.47 bits per heavy atom. The van der Waals surface area contributed by atoms with Crippen LogP contribution in [0.15, 0.2) is 72.9 Å². The van der Waals surface area contributed by atoms with Crippen LogP contribution in [0, 0.1) is 11.8 Å². The lowest BCUT2D eigenvalue weighted by molar-refractivity contribution is -0.143. The zero-order chi connectivity index (χ0) is 40.1. The van der Waals surface area contributed by atoms with Crippen molar-refractivity contribution in [3.05, 3.63) is 99.7 Å². The highest BCUT2D eigenvalue weighted by molar-refractivity contribution is 6.36. The fourth-order valence-electron chi connectivity index (χ4n) is 8.42. The molecule has 1 aliphatic heterocycles. The lowest BCUT2D eigenvalue weighted by Crippen LogP contribution is -2.35. The standard InChI is InChI=1S/C45H51Cl2N5O5/c1-4-57-42-20-30(15-16-31(42)22-48-23-34-17-18-43(53)50-34)35-7-5-9-37(44(35)47)36-8-6-10-40-38(36)24-49-52(40)27-32-21-41(56-3)33(19-39(32)46)26-51(2)25-28-11-13-29(14-12-28)45(54)55/h5-10,15-16,19-21,24,28-29,34,48H,4,11-14,17-18,22-23,25-27H2,1-3H3,(H,50,53)(H,54,55)/t28?,29?,34-/m0/s1. The molecule has 1 saturated carbocycles. The van der Waals surface area contributed by atoms with Crippen molar-refractivity contribution in [3.8, 4) is 33.8 Å². The Morgan fingerprint density at radius 1 is 0.965 bits per heavy atom. The normalized spacial score (nSPS) is 18.3. The number of hydrogen-bond acceptors (Lipinski definition) is 7. The largest absolute Gasteiger partial charge is 0.496 e. The fourth-order valence-corrected chi connectivity index (χ4v) is 9.00. The minimum Gasteiger partial charge on any atom is -0.496 e. The number of methoxy groups -OCH3 is 1. The molecule has 12 heteroatoms. The van der Waals surface area contributed by atoms with E-state index in [1.165, 1.54) is 0 Å². The van der Waals surface area contributed by atoms with Crippen molar-refractivity contribution in [2.45, 2.75) is 71.1 Å². The number of aromatic nitrogens is 2. The summed E-state index contributed by atoms with van der Waals surface area (Å²) in [6.45, 7) is 5.87. The molecule has 1 atom stereocenters. The predicted molar refractivity (Wildman–Crippen MR) is 226 cm³/mol. The summed E-state index contributed by atoms with van der Waals surface area (Å²) in [4.78, 5) is 25.3. The molecule has 1 aliphatic carbocycles. The van der Waals surface area contributed by atoms with Gasteiger partial charge in [-0.15, -0.1) is 0 Å². The minimum absolute atomic E-state index is 0.115. The van der Waals surface area contributed by atoms with E-state index in [2.05, 4.69) is 52.9 Å². The van der Waals surface area contributed by atoms with E-state index in [9.17, 15) is 14.7 Å². The lowest BCUT2D eigenvalue weighted by Gasteiger charge is -2.30. The number of benzene rings is 4. The number of rotatable bonds is 16. The average Bonchev–Trinajstić information content (AvgIpc) is 3.82.